The van der Waals surface area contributed by atoms with E-state index in [9.17, 15) is 0 Å². The van der Waals surface area contributed by atoms with Gasteiger partial charge in [0, 0.05) is 11.9 Å². The monoisotopic (exact) mass is 279 g/mol. The highest BCUT2D eigenvalue weighted by atomic mass is 32.2. The molecule has 0 aliphatic carbocycles. The van der Waals surface area contributed by atoms with Gasteiger partial charge in [-0.05, 0) is 23.6 Å². The van der Waals surface area contributed by atoms with E-state index in [0.717, 1.165) is 15.9 Å². The lowest BCUT2D eigenvalue weighted by Crippen LogP contribution is -1.86. The lowest BCUT2D eigenvalue weighted by Gasteiger charge is -2.05. The summed E-state index contributed by atoms with van der Waals surface area (Å²) in [7, 11) is 1.86. The van der Waals surface area contributed by atoms with Crippen molar-refractivity contribution in [1.29, 1.82) is 0 Å². The Morgan fingerprint density at radius 1 is 1.22 bits per heavy atom. The maximum atomic E-state index is 4.13. The maximum Gasteiger partial charge on any atom is 0.205 e. The fourth-order valence-electron chi connectivity index (χ4n) is 1.51. The first-order chi connectivity index (χ1) is 8.69. The Kier molecular flexibility index (Phi) is 4.60. The van der Waals surface area contributed by atoms with Crippen molar-refractivity contribution in [2.75, 3.05) is 12.4 Å². The Labute approximate surface area is 116 Å². The predicted molar refractivity (Wildman–Crippen MR) is 79.5 cm³/mol. The Morgan fingerprint density at radius 3 is 2.50 bits per heavy atom. The minimum atomic E-state index is 0.588. The van der Waals surface area contributed by atoms with Crippen LogP contribution < -0.4 is 5.32 Å². The van der Waals surface area contributed by atoms with Gasteiger partial charge in [0.1, 0.15) is 5.01 Å². The number of thioether (sulfide) groups is 1. The summed E-state index contributed by atoms with van der Waals surface area (Å²) in [5.74, 6) is 1.46. The van der Waals surface area contributed by atoms with Gasteiger partial charge in [0.05, 0.1) is 5.75 Å². The quantitative estimate of drug-likeness (QED) is 0.840. The Balaban J connectivity index is 1.93. The van der Waals surface area contributed by atoms with Gasteiger partial charge in [-0.2, -0.15) is 0 Å². The maximum absolute atomic E-state index is 4.13. The van der Waals surface area contributed by atoms with E-state index in [1.165, 1.54) is 10.5 Å². The van der Waals surface area contributed by atoms with Gasteiger partial charge >= 0.3 is 0 Å². The zero-order valence-electron chi connectivity index (χ0n) is 10.8. The number of nitrogens with zero attached hydrogens (tertiary/aromatic N) is 2. The number of hydrogen-bond donors (Lipinski definition) is 1. The summed E-state index contributed by atoms with van der Waals surface area (Å²) in [6, 6.07) is 8.76. The highest BCUT2D eigenvalue weighted by molar-refractivity contribution is 7.98. The zero-order chi connectivity index (χ0) is 13.0. The Hall–Kier alpha value is -1.07. The highest BCUT2D eigenvalue weighted by Gasteiger charge is 2.04. The van der Waals surface area contributed by atoms with Crippen LogP contribution in [0.4, 0.5) is 5.13 Å². The van der Waals surface area contributed by atoms with Crippen LogP contribution in [-0.4, -0.2) is 17.2 Å². The van der Waals surface area contributed by atoms with E-state index in [1.54, 1.807) is 23.1 Å². The molecule has 0 bridgehead atoms. The van der Waals surface area contributed by atoms with Crippen molar-refractivity contribution in [1.82, 2.24) is 10.2 Å². The molecule has 0 radical (unpaired) electrons. The van der Waals surface area contributed by atoms with Crippen molar-refractivity contribution in [2.24, 2.45) is 0 Å². The molecule has 0 fully saturated rings. The molecule has 0 atom stereocenters. The molecule has 0 amide bonds. The summed E-state index contributed by atoms with van der Waals surface area (Å²) >= 11 is 3.40. The third-order valence-electron chi connectivity index (χ3n) is 2.59. The van der Waals surface area contributed by atoms with Gasteiger partial charge < -0.3 is 5.32 Å². The third kappa shape index (κ3) is 3.46. The van der Waals surface area contributed by atoms with E-state index >= 15 is 0 Å². The van der Waals surface area contributed by atoms with Crippen molar-refractivity contribution in [3.63, 3.8) is 0 Å². The summed E-state index contributed by atoms with van der Waals surface area (Å²) in [6.45, 7) is 4.42. The van der Waals surface area contributed by atoms with Gasteiger partial charge in [0.15, 0.2) is 0 Å². The smallest absolute Gasteiger partial charge is 0.205 e. The van der Waals surface area contributed by atoms with Gasteiger partial charge in [-0.25, -0.2) is 0 Å². The molecule has 1 heterocycles. The second-order valence-electron chi connectivity index (χ2n) is 4.26. The molecular formula is C13H17N3S2. The molecule has 1 aromatic heterocycles. The minimum absolute atomic E-state index is 0.588. The molecule has 0 saturated carbocycles. The molecule has 0 unspecified atom stereocenters. The first-order valence-electron chi connectivity index (χ1n) is 5.92. The lowest BCUT2D eigenvalue weighted by molar-refractivity contribution is 0.865. The Morgan fingerprint density at radius 2 is 1.94 bits per heavy atom. The average Bonchev–Trinajstić information content (AvgIpc) is 2.85. The average molecular weight is 279 g/mol. The molecule has 2 aromatic rings. The highest BCUT2D eigenvalue weighted by Crippen LogP contribution is 2.27. The van der Waals surface area contributed by atoms with Crippen molar-refractivity contribution < 1.29 is 0 Å². The van der Waals surface area contributed by atoms with Crippen LogP contribution in [0.5, 0.6) is 0 Å². The van der Waals surface area contributed by atoms with Crippen LogP contribution in [0.3, 0.4) is 0 Å². The molecular weight excluding hydrogens is 262 g/mol. The SMILES string of the molecule is CNc1nnc(CSc2ccc(C(C)C)cc2)s1. The fourth-order valence-corrected chi connectivity index (χ4v) is 3.08. The summed E-state index contributed by atoms with van der Waals surface area (Å²) < 4.78 is 0. The standard InChI is InChI=1S/C13H17N3S2/c1-9(2)10-4-6-11(7-5-10)17-8-12-15-16-13(14-3)18-12/h4-7,9H,8H2,1-3H3,(H,14,16). The molecule has 0 aliphatic rings. The molecule has 1 N–H and O–H groups in total. The van der Waals surface area contributed by atoms with Crippen LogP contribution in [0.1, 0.15) is 30.3 Å². The van der Waals surface area contributed by atoms with E-state index < -0.39 is 0 Å². The van der Waals surface area contributed by atoms with Crippen molar-refractivity contribution in [3.05, 3.63) is 34.8 Å². The third-order valence-corrected chi connectivity index (χ3v) is 4.74. The first kappa shape index (κ1) is 13.4. The molecule has 18 heavy (non-hydrogen) atoms. The van der Waals surface area contributed by atoms with Crippen LogP contribution in [0.25, 0.3) is 0 Å². The van der Waals surface area contributed by atoms with Gasteiger partial charge in [0.25, 0.3) is 0 Å². The molecule has 0 spiro atoms. The minimum Gasteiger partial charge on any atom is -0.363 e. The van der Waals surface area contributed by atoms with Gasteiger partial charge in [-0.1, -0.05) is 37.3 Å². The van der Waals surface area contributed by atoms with E-state index in [0.29, 0.717) is 5.92 Å². The van der Waals surface area contributed by atoms with Crippen LogP contribution in [0.2, 0.25) is 0 Å². The topological polar surface area (TPSA) is 37.8 Å². The number of rotatable bonds is 5. The number of nitrogens with one attached hydrogen (secondary N) is 1. The van der Waals surface area contributed by atoms with Crippen LogP contribution in [0.15, 0.2) is 29.2 Å². The molecule has 3 nitrogen and oxygen atoms in total. The molecule has 0 saturated heterocycles. The number of hydrogen-bond acceptors (Lipinski definition) is 5. The van der Waals surface area contributed by atoms with Crippen molar-refractivity contribution >= 4 is 28.2 Å². The van der Waals surface area contributed by atoms with E-state index in [1.807, 2.05) is 7.05 Å². The molecule has 1 aromatic carbocycles. The van der Waals surface area contributed by atoms with E-state index in [2.05, 4.69) is 53.6 Å². The van der Waals surface area contributed by atoms with Crippen LogP contribution >= 0.6 is 23.1 Å². The summed E-state index contributed by atoms with van der Waals surface area (Å²) in [4.78, 5) is 1.28. The number of aromatic nitrogens is 2. The zero-order valence-corrected chi connectivity index (χ0v) is 12.4. The summed E-state index contributed by atoms with van der Waals surface area (Å²) in [5.41, 5.74) is 1.38. The molecule has 0 aliphatic heterocycles. The molecule has 5 heteroatoms. The summed E-state index contributed by atoms with van der Waals surface area (Å²) in [5, 5.41) is 13.1. The fraction of sp³-hybridized carbons (Fsp3) is 0.385. The second kappa shape index (κ2) is 6.20. The lowest BCUT2D eigenvalue weighted by atomic mass is 10.0. The van der Waals surface area contributed by atoms with Crippen LogP contribution in [-0.2, 0) is 5.75 Å². The normalized spacial score (nSPS) is 10.9. The first-order valence-corrected chi connectivity index (χ1v) is 7.72. The van der Waals surface area contributed by atoms with Gasteiger partial charge in [0.2, 0.25) is 5.13 Å². The predicted octanol–water partition coefficient (Wildman–Crippen LogP) is 4.00. The number of anilines is 1. The van der Waals surface area contributed by atoms with Gasteiger partial charge in [-0.3, -0.25) is 0 Å². The largest absolute Gasteiger partial charge is 0.363 e. The second-order valence-corrected chi connectivity index (χ2v) is 6.37. The molecule has 96 valence electrons. The summed E-state index contributed by atoms with van der Waals surface area (Å²) in [6.07, 6.45) is 0. The van der Waals surface area contributed by atoms with E-state index in [-0.39, 0.29) is 0 Å². The number of benzene rings is 1. The Bertz CT molecular complexity index is 491. The van der Waals surface area contributed by atoms with Crippen LogP contribution in [0, 0.1) is 0 Å². The van der Waals surface area contributed by atoms with Crippen molar-refractivity contribution in [2.45, 2.75) is 30.4 Å². The van der Waals surface area contributed by atoms with Crippen molar-refractivity contribution in [3.8, 4) is 0 Å². The molecule has 2 rings (SSSR count). The van der Waals surface area contributed by atoms with Gasteiger partial charge in [-0.15, -0.1) is 22.0 Å². The van der Waals surface area contributed by atoms with E-state index in [4.69, 9.17) is 0 Å².